The summed E-state index contributed by atoms with van der Waals surface area (Å²) >= 11 is 0. The molecule has 0 aromatic heterocycles. The zero-order valence-electron chi connectivity index (χ0n) is 35.9. The Kier molecular flexibility index (Phi) is 18.7. The summed E-state index contributed by atoms with van der Waals surface area (Å²) in [5.74, 6) is -9.05. The van der Waals surface area contributed by atoms with E-state index in [2.05, 4.69) is 19.4 Å². The molecular weight excluding hydrogens is 953 g/mol. The molecule has 0 radical (unpaired) electrons. The van der Waals surface area contributed by atoms with E-state index in [0.29, 0.717) is 11.4 Å². The fraction of sp³-hybridized carbons (Fsp3) is 0.220. The predicted octanol–water partition coefficient (Wildman–Crippen LogP) is 0.154. The third kappa shape index (κ3) is 16.7. The smallest absolute Gasteiger partial charge is 0.343 e. The van der Waals surface area contributed by atoms with Crippen LogP contribution in [-0.2, 0) is 52.7 Å². The number of carbonyl (C=O) groups is 6. The molecule has 0 fully saturated rings. The predicted molar refractivity (Wildman–Crippen MR) is 244 cm³/mol. The first-order valence-corrected chi connectivity index (χ1v) is 22.8. The molecule has 2 unspecified atom stereocenters. The Morgan fingerprint density at radius 3 is 1.12 bits per heavy atom. The van der Waals surface area contributed by atoms with Crippen molar-refractivity contribution in [2.45, 2.75) is 44.4 Å². The number of carbonyl (C=O) groups excluding carboxylic acids is 2. The molecule has 28 heteroatoms. The van der Waals surface area contributed by atoms with Crippen LogP contribution in [0, 0.1) is 0 Å². The van der Waals surface area contributed by atoms with Gasteiger partial charge in [-0.3, -0.25) is 19.2 Å². The van der Waals surface area contributed by atoms with Crippen LogP contribution in [0.15, 0.2) is 107 Å². The van der Waals surface area contributed by atoms with Crippen LogP contribution in [0.1, 0.15) is 51.1 Å². The summed E-state index contributed by atoms with van der Waals surface area (Å²) < 4.78 is 70.3. The number of carboxylic acid groups (broad SMARTS) is 4. The third-order valence-electron chi connectivity index (χ3n) is 9.28. The Morgan fingerprint density at radius 1 is 0.522 bits per heavy atom. The number of nitrogens with two attached hydrogens (primary N) is 4. The Balaban J connectivity index is 1.47. The van der Waals surface area contributed by atoms with Crippen molar-refractivity contribution in [3.63, 3.8) is 0 Å². The molecule has 0 saturated heterocycles. The van der Waals surface area contributed by atoms with Gasteiger partial charge in [0.1, 0.15) is 23.6 Å². The molecule has 2 atom stereocenters. The standard InChI is InChI=1S/C41H46N10O16S2/c42-40(43)48-28-10-6-26(7-11-28)38(60)66-30-14-2-24(3-15-30)22-46-68(62,63)50(32(36(56)57)20-34(52)53)18-1-19-51(33(37(58)59)21-35(54)55)69(64,65)47-23-25-4-16-31(17-5-25)67-39(61)27-8-12-29(13-9-27)49-41(44)45/h2-17,32-33,46-47H,1,18-23H2,(H,52,53)(H,54,55)(H,56,57)(H,58,59)(H4,42,43,48)(H4,44,45,49). The van der Waals surface area contributed by atoms with Gasteiger partial charge in [0.25, 0.3) is 20.4 Å². The van der Waals surface area contributed by atoms with E-state index in [1.165, 1.54) is 97.1 Å². The minimum Gasteiger partial charge on any atom is -0.481 e. The summed E-state index contributed by atoms with van der Waals surface area (Å²) in [5, 5.41) is 38.8. The lowest BCUT2D eigenvalue weighted by molar-refractivity contribution is -0.148. The number of hydrogen-bond donors (Lipinski definition) is 10. The van der Waals surface area contributed by atoms with Gasteiger partial charge < -0.3 is 52.8 Å². The minimum absolute atomic E-state index is 0.0484. The molecule has 368 valence electrons. The Hall–Kier alpha value is -8.02. The lowest BCUT2D eigenvalue weighted by atomic mass is 10.2. The quantitative estimate of drug-likeness (QED) is 0.0173. The van der Waals surface area contributed by atoms with Crippen LogP contribution in [0.5, 0.6) is 11.5 Å². The number of nitrogens with one attached hydrogen (secondary N) is 2. The second-order valence-corrected chi connectivity index (χ2v) is 17.8. The number of nitrogens with zero attached hydrogens (tertiary/aromatic N) is 4. The van der Waals surface area contributed by atoms with Gasteiger partial charge in [-0.05, 0) is 90.3 Å². The van der Waals surface area contributed by atoms with Crippen LogP contribution in [0.2, 0.25) is 0 Å². The summed E-state index contributed by atoms with van der Waals surface area (Å²) in [6.45, 7) is -2.90. The summed E-state index contributed by atoms with van der Waals surface area (Å²) in [6.07, 6.45) is -3.22. The van der Waals surface area contributed by atoms with Crippen molar-refractivity contribution in [2.75, 3.05) is 13.1 Å². The first-order valence-electron chi connectivity index (χ1n) is 19.9. The maximum absolute atomic E-state index is 13.7. The number of carboxylic acids is 4. The van der Waals surface area contributed by atoms with E-state index in [0.717, 1.165) is 0 Å². The van der Waals surface area contributed by atoms with Crippen LogP contribution >= 0.6 is 0 Å². The molecule has 0 heterocycles. The van der Waals surface area contributed by atoms with Gasteiger partial charge in [-0.25, -0.2) is 19.6 Å². The molecule has 0 saturated carbocycles. The van der Waals surface area contributed by atoms with Crippen molar-refractivity contribution in [1.29, 1.82) is 0 Å². The molecule has 4 aromatic carbocycles. The highest BCUT2D eigenvalue weighted by molar-refractivity contribution is 7.87. The van der Waals surface area contributed by atoms with Gasteiger partial charge in [0.15, 0.2) is 11.9 Å². The van der Waals surface area contributed by atoms with Gasteiger partial charge in [0.05, 0.1) is 35.3 Å². The van der Waals surface area contributed by atoms with Gasteiger partial charge in [0, 0.05) is 26.2 Å². The first kappa shape index (κ1) is 53.6. The highest BCUT2D eigenvalue weighted by Crippen LogP contribution is 2.21. The average molecular weight is 999 g/mol. The van der Waals surface area contributed by atoms with E-state index in [4.69, 9.17) is 32.4 Å². The van der Waals surface area contributed by atoms with Crippen molar-refractivity contribution in [2.24, 2.45) is 32.9 Å². The van der Waals surface area contributed by atoms with Gasteiger partial charge in [-0.2, -0.15) is 34.9 Å². The van der Waals surface area contributed by atoms with Crippen molar-refractivity contribution in [1.82, 2.24) is 18.1 Å². The molecule has 0 aliphatic carbocycles. The van der Waals surface area contributed by atoms with E-state index in [-0.39, 0.29) is 54.3 Å². The largest absolute Gasteiger partial charge is 0.481 e. The average Bonchev–Trinajstić information content (AvgIpc) is 3.27. The Labute approximate surface area is 393 Å². The van der Waals surface area contributed by atoms with Crippen molar-refractivity contribution < 1.29 is 75.5 Å². The first-order chi connectivity index (χ1) is 32.4. The van der Waals surface area contributed by atoms with E-state index in [1.54, 1.807) is 0 Å². The maximum atomic E-state index is 13.7. The van der Waals surface area contributed by atoms with Gasteiger partial charge in [0.2, 0.25) is 0 Å². The van der Waals surface area contributed by atoms with Crippen molar-refractivity contribution in [3.05, 3.63) is 119 Å². The van der Waals surface area contributed by atoms with Crippen molar-refractivity contribution >= 4 is 79.5 Å². The highest BCUT2D eigenvalue weighted by Gasteiger charge is 2.39. The number of esters is 2. The maximum Gasteiger partial charge on any atom is 0.343 e. The highest BCUT2D eigenvalue weighted by atomic mass is 32.2. The number of aliphatic carboxylic acids is 4. The van der Waals surface area contributed by atoms with Gasteiger partial charge in [-0.1, -0.05) is 24.3 Å². The molecule has 14 N–H and O–H groups in total. The number of ether oxygens (including phenoxy) is 2. The van der Waals surface area contributed by atoms with Gasteiger partial charge >= 0.3 is 35.8 Å². The summed E-state index contributed by atoms with van der Waals surface area (Å²) in [5.41, 5.74) is 22.9. The van der Waals surface area contributed by atoms with Crippen LogP contribution in [-0.4, -0.2) is 119 Å². The second kappa shape index (κ2) is 24.1. The van der Waals surface area contributed by atoms with Crippen LogP contribution in [0.3, 0.4) is 0 Å². The van der Waals surface area contributed by atoms with Crippen LogP contribution < -0.4 is 41.9 Å². The molecule has 0 aliphatic rings. The number of rotatable bonds is 26. The lowest BCUT2D eigenvalue weighted by Gasteiger charge is -2.30. The molecule has 0 amide bonds. The zero-order valence-corrected chi connectivity index (χ0v) is 37.6. The van der Waals surface area contributed by atoms with Crippen molar-refractivity contribution in [3.8, 4) is 11.5 Å². The fourth-order valence-electron chi connectivity index (χ4n) is 6.06. The zero-order chi connectivity index (χ0) is 51.1. The normalized spacial score (nSPS) is 12.3. The molecule has 0 bridgehead atoms. The molecule has 0 aliphatic heterocycles. The summed E-state index contributed by atoms with van der Waals surface area (Å²) in [7, 11) is -9.93. The Bertz CT molecular complexity index is 2590. The number of benzene rings is 4. The van der Waals surface area contributed by atoms with Gasteiger partial charge in [-0.15, -0.1) is 0 Å². The third-order valence-corrected chi connectivity index (χ3v) is 12.4. The van der Waals surface area contributed by atoms with E-state index < -0.39 is 114 Å². The van der Waals surface area contributed by atoms with E-state index >= 15 is 0 Å². The molecular formula is C41H46N10O16S2. The SMILES string of the molecule is NC(N)=Nc1ccc(C(=O)Oc2ccc(CNS(=O)(=O)N(CCCN(C(CC(=O)O)C(=O)O)S(=O)(=O)NCc3ccc(OC(=O)c4ccc(N=C(N)N)cc4)cc3)C(CC(=O)O)C(=O)O)cc2)cc1. The summed E-state index contributed by atoms with van der Waals surface area (Å²) in [6, 6.07) is 17.7. The molecule has 4 aromatic rings. The van der Waals surface area contributed by atoms with Crippen LogP contribution in [0.4, 0.5) is 11.4 Å². The number of aliphatic imine (C=N–C) groups is 2. The molecule has 0 spiro atoms. The van der Waals surface area contributed by atoms with E-state index in [9.17, 15) is 66.0 Å². The number of hydrogen-bond acceptors (Lipinski definition) is 14. The molecule has 4 rings (SSSR count). The molecule has 69 heavy (non-hydrogen) atoms. The second-order valence-electron chi connectivity index (χ2n) is 14.4. The monoisotopic (exact) mass is 998 g/mol. The Morgan fingerprint density at radius 2 is 0.841 bits per heavy atom. The minimum atomic E-state index is -4.96. The topological polar surface area (TPSA) is 429 Å². The lowest BCUT2D eigenvalue weighted by Crippen LogP contribution is -2.53. The number of guanidine groups is 2. The van der Waals surface area contributed by atoms with E-state index in [1.807, 2.05) is 0 Å². The molecule has 26 nitrogen and oxygen atoms in total. The summed E-state index contributed by atoms with van der Waals surface area (Å²) in [4.78, 5) is 81.0. The fourth-order valence-corrected chi connectivity index (χ4v) is 8.83. The van der Waals surface area contributed by atoms with Crippen LogP contribution in [0.25, 0.3) is 0 Å².